The first-order chi connectivity index (χ1) is 28.2. The number of hydrogen-bond acceptors (Lipinski definition) is 9. The van der Waals surface area contributed by atoms with E-state index in [0.29, 0.717) is 39.6 Å². The third kappa shape index (κ3) is 5.08. The van der Waals surface area contributed by atoms with E-state index in [0.717, 1.165) is 68.8 Å². The maximum Gasteiger partial charge on any atom is 0.266 e. The van der Waals surface area contributed by atoms with E-state index in [-0.39, 0.29) is 56.9 Å². The van der Waals surface area contributed by atoms with E-state index in [1.807, 2.05) is 0 Å². The summed E-state index contributed by atoms with van der Waals surface area (Å²) in [7, 11) is 0. The standard InChI is InChI=1S/C45H36N4O9/c50-38-31-19-29-30(20-32(31)39(51)46(38)23-7-3-1-4-8-23)44(56)49(45-37(29)58-45)26-13-17-28(18-14-26)57-27-15-11-25(12-16-27)48-42(54)35-21-33-34(22-36(35)43(48)55)41(53)47(40(33)52)24-9-5-2-6-10-24/h11-24,37,45H,1-10H2. The summed E-state index contributed by atoms with van der Waals surface area (Å²) in [5.41, 5.74) is 0.446. The molecule has 11 rings (SSSR count). The van der Waals surface area contributed by atoms with Crippen LogP contribution in [0.1, 0.15) is 113 Å². The van der Waals surface area contributed by atoms with Gasteiger partial charge in [-0.2, -0.15) is 0 Å². The zero-order valence-electron chi connectivity index (χ0n) is 31.3. The molecule has 2 unspecified atom stereocenters. The Morgan fingerprint density at radius 3 is 1.53 bits per heavy atom. The van der Waals surface area contributed by atoms with Gasteiger partial charge in [-0.3, -0.25) is 47.9 Å². The summed E-state index contributed by atoms with van der Waals surface area (Å²) in [4.78, 5) is 97.6. The van der Waals surface area contributed by atoms with E-state index in [4.69, 9.17) is 9.47 Å². The number of rotatable bonds is 6. The zero-order chi connectivity index (χ0) is 39.6. The van der Waals surface area contributed by atoms with Crippen molar-refractivity contribution in [3.05, 3.63) is 136 Å². The highest BCUT2D eigenvalue weighted by Gasteiger charge is 2.55. The number of ether oxygens (including phenoxy) is 2. The van der Waals surface area contributed by atoms with Crippen LogP contribution in [0.5, 0.6) is 11.5 Å². The van der Waals surface area contributed by atoms with Crippen molar-refractivity contribution in [2.75, 3.05) is 4.90 Å². The van der Waals surface area contributed by atoms with Crippen molar-refractivity contribution in [3.63, 3.8) is 0 Å². The van der Waals surface area contributed by atoms with Crippen LogP contribution in [-0.4, -0.2) is 44.0 Å². The number of imide groups is 1. The molecule has 3 aliphatic heterocycles. The van der Waals surface area contributed by atoms with Gasteiger partial charge in [0.2, 0.25) is 0 Å². The van der Waals surface area contributed by atoms with Crippen LogP contribution in [-0.2, 0) is 4.74 Å². The molecule has 6 aromatic rings. The lowest BCUT2D eigenvalue weighted by Gasteiger charge is -2.29. The molecule has 13 nitrogen and oxygen atoms in total. The smallest absolute Gasteiger partial charge is 0.266 e. The van der Waals surface area contributed by atoms with Gasteiger partial charge in [0, 0.05) is 23.3 Å². The lowest BCUT2D eigenvalue weighted by molar-refractivity contribution is 0.0548. The minimum Gasteiger partial charge on any atom is -0.457 e. The van der Waals surface area contributed by atoms with Crippen LogP contribution in [0.4, 0.5) is 5.69 Å². The Kier molecular flexibility index (Phi) is 7.65. The number of benzene rings is 4. The fraction of sp³-hybridized carbons (Fsp3) is 0.311. The van der Waals surface area contributed by atoms with Gasteiger partial charge in [-0.25, -0.2) is 4.57 Å². The Morgan fingerprint density at radius 1 is 0.483 bits per heavy atom. The predicted octanol–water partition coefficient (Wildman–Crippen LogP) is 6.19. The highest BCUT2D eigenvalue weighted by atomic mass is 16.6. The molecule has 2 aromatic heterocycles. The summed E-state index contributed by atoms with van der Waals surface area (Å²) in [6.45, 7) is 0. The quantitative estimate of drug-likeness (QED) is 0.142. The second kappa shape index (κ2) is 12.8. The Hall–Kier alpha value is -6.47. The van der Waals surface area contributed by atoms with Gasteiger partial charge in [-0.05, 0) is 104 Å². The lowest BCUT2D eigenvalue weighted by Crippen LogP contribution is -2.40. The van der Waals surface area contributed by atoms with Gasteiger partial charge in [0.05, 0.1) is 38.4 Å². The molecule has 3 fully saturated rings. The normalized spacial score (nSPS) is 20.9. The molecule has 5 heterocycles. The predicted molar refractivity (Wildman–Crippen MR) is 213 cm³/mol. The Morgan fingerprint density at radius 2 is 0.966 bits per heavy atom. The van der Waals surface area contributed by atoms with Crippen LogP contribution >= 0.6 is 0 Å². The van der Waals surface area contributed by atoms with Crippen molar-refractivity contribution in [2.45, 2.75) is 88.6 Å². The van der Waals surface area contributed by atoms with E-state index < -0.39 is 34.6 Å². The fourth-order valence-corrected chi connectivity index (χ4v) is 9.82. The Labute approximate surface area is 329 Å². The van der Waals surface area contributed by atoms with Gasteiger partial charge in [-0.15, -0.1) is 0 Å². The average molecular weight is 777 g/mol. The number of hydrogen-bond donors (Lipinski definition) is 0. The molecule has 2 atom stereocenters. The summed E-state index contributed by atoms with van der Waals surface area (Å²) >= 11 is 0. The molecule has 5 aliphatic rings. The van der Waals surface area contributed by atoms with Crippen LogP contribution in [0.25, 0.3) is 27.2 Å². The largest absolute Gasteiger partial charge is 0.457 e. The maximum absolute atomic E-state index is 13.9. The van der Waals surface area contributed by atoms with E-state index in [1.54, 1.807) is 65.6 Å². The third-order valence-corrected chi connectivity index (χ3v) is 12.8. The second-order valence-electron chi connectivity index (χ2n) is 16.1. The molecule has 0 N–H and O–H groups in total. The topological polar surface area (TPSA) is 158 Å². The molecule has 290 valence electrons. The summed E-state index contributed by atoms with van der Waals surface area (Å²) in [5, 5.41) is 0.486. The molecular weight excluding hydrogens is 741 g/mol. The highest BCUT2D eigenvalue weighted by molar-refractivity contribution is 6.23. The summed E-state index contributed by atoms with van der Waals surface area (Å²) in [6.07, 6.45) is 8.16. The molecule has 0 bridgehead atoms. The van der Waals surface area contributed by atoms with Gasteiger partial charge in [0.25, 0.3) is 40.0 Å². The number of anilines is 1. The van der Waals surface area contributed by atoms with Crippen LogP contribution < -0.4 is 31.9 Å². The van der Waals surface area contributed by atoms with E-state index in [2.05, 4.69) is 0 Å². The molecule has 13 heteroatoms. The first-order valence-corrected chi connectivity index (χ1v) is 20.1. The van der Waals surface area contributed by atoms with Crippen molar-refractivity contribution < 1.29 is 23.9 Å². The summed E-state index contributed by atoms with van der Waals surface area (Å²) < 4.78 is 14.4. The van der Waals surface area contributed by atoms with Crippen LogP contribution in [0.2, 0.25) is 0 Å². The lowest BCUT2D eigenvalue weighted by atomic mass is 9.93. The van der Waals surface area contributed by atoms with Crippen molar-refractivity contribution in [3.8, 4) is 17.2 Å². The zero-order valence-corrected chi connectivity index (χ0v) is 31.3. The van der Waals surface area contributed by atoms with E-state index in [9.17, 15) is 33.6 Å². The molecule has 2 aliphatic carbocycles. The molecule has 1 saturated heterocycles. The average Bonchev–Trinajstić information content (AvgIpc) is 3.89. The first kappa shape index (κ1) is 34.8. The molecule has 4 aromatic carbocycles. The van der Waals surface area contributed by atoms with Gasteiger partial charge in [-0.1, -0.05) is 38.5 Å². The SMILES string of the molecule is O=C1c2cc3c(cc2C(=O)N1C1CCCCC1)C1OC1N(c1ccc(Oc2ccc(-n4c(=O)c5cc6c(=O)n(C7CCCCC7)c(=O)c6cc5c4=O)cc2)cc1)C3=O. The van der Waals surface area contributed by atoms with Crippen LogP contribution in [0.3, 0.4) is 0 Å². The molecule has 0 radical (unpaired) electrons. The van der Waals surface area contributed by atoms with Gasteiger partial charge in [0.15, 0.2) is 6.23 Å². The fourth-order valence-electron chi connectivity index (χ4n) is 9.82. The number of carbonyl (C=O) groups is 3. The Balaban J connectivity index is 0.821. The number of fused-ring (bicyclic) bond motifs is 6. The van der Waals surface area contributed by atoms with Crippen molar-refractivity contribution >= 4 is 45.0 Å². The van der Waals surface area contributed by atoms with Crippen molar-refractivity contribution in [1.29, 1.82) is 0 Å². The van der Waals surface area contributed by atoms with Crippen molar-refractivity contribution in [1.82, 2.24) is 14.0 Å². The molecule has 2 saturated carbocycles. The number of aromatic nitrogens is 2. The monoisotopic (exact) mass is 776 g/mol. The number of amides is 3. The van der Waals surface area contributed by atoms with E-state index >= 15 is 0 Å². The molecule has 58 heavy (non-hydrogen) atoms. The number of epoxide rings is 1. The summed E-state index contributed by atoms with van der Waals surface area (Å²) in [6, 6.07) is 19.0. The molecule has 0 spiro atoms. The summed E-state index contributed by atoms with van der Waals surface area (Å²) in [5.74, 6) is -0.0712. The van der Waals surface area contributed by atoms with Crippen LogP contribution in [0, 0.1) is 0 Å². The molecule has 3 amide bonds. The first-order valence-electron chi connectivity index (χ1n) is 20.1. The molecular formula is C45H36N4O9. The van der Waals surface area contributed by atoms with E-state index in [1.165, 1.54) is 21.6 Å². The minimum absolute atomic E-state index is 0.0863. The minimum atomic E-state index is -0.578. The second-order valence-corrected chi connectivity index (χ2v) is 16.1. The number of nitrogens with zero attached hydrogens (tertiary/aromatic N) is 4. The van der Waals surface area contributed by atoms with Gasteiger partial charge >= 0.3 is 0 Å². The van der Waals surface area contributed by atoms with Gasteiger partial charge < -0.3 is 9.47 Å². The maximum atomic E-state index is 13.9. The third-order valence-electron chi connectivity index (χ3n) is 12.8. The highest BCUT2D eigenvalue weighted by Crippen LogP contribution is 2.50. The Bertz CT molecular complexity index is 2900. The van der Waals surface area contributed by atoms with Crippen LogP contribution in [0.15, 0.2) is 92.0 Å². The number of carbonyl (C=O) groups excluding carboxylic acids is 3. The van der Waals surface area contributed by atoms with Crippen molar-refractivity contribution in [2.24, 2.45) is 0 Å². The van der Waals surface area contributed by atoms with Gasteiger partial charge in [0.1, 0.15) is 17.6 Å².